The Morgan fingerprint density at radius 1 is 1.63 bits per heavy atom. The molecule has 3 rings (SSSR count). The van der Waals surface area contributed by atoms with Crippen LogP contribution >= 0.6 is 27.3 Å². The van der Waals surface area contributed by atoms with Crippen LogP contribution in [0.4, 0.5) is 5.69 Å². The Labute approximate surface area is 122 Å². The summed E-state index contributed by atoms with van der Waals surface area (Å²) in [4.78, 5) is 13.1. The van der Waals surface area contributed by atoms with Crippen LogP contribution in [-0.2, 0) is 6.54 Å². The van der Waals surface area contributed by atoms with Crippen molar-refractivity contribution in [1.82, 2.24) is 15.5 Å². The SMILES string of the molecule is Nc1c(C(=O)NCc2cc(Br)cs2)n[nH]c1C1CC1. The van der Waals surface area contributed by atoms with E-state index < -0.39 is 0 Å². The number of anilines is 1. The maximum atomic E-state index is 12.0. The quantitative estimate of drug-likeness (QED) is 0.799. The third-order valence-electron chi connectivity index (χ3n) is 3.08. The molecule has 0 bridgehead atoms. The van der Waals surface area contributed by atoms with Gasteiger partial charge in [-0.15, -0.1) is 11.3 Å². The van der Waals surface area contributed by atoms with Gasteiger partial charge in [0.25, 0.3) is 5.91 Å². The lowest BCUT2D eigenvalue weighted by atomic mass is 10.2. The van der Waals surface area contributed by atoms with E-state index in [1.807, 2.05) is 11.4 Å². The van der Waals surface area contributed by atoms with Crippen LogP contribution in [0.3, 0.4) is 0 Å². The number of aromatic nitrogens is 2. The third kappa shape index (κ3) is 2.66. The Kier molecular flexibility index (Phi) is 3.32. The predicted octanol–water partition coefficient (Wildman–Crippen LogP) is 2.62. The first-order valence-corrected chi connectivity index (χ1v) is 7.67. The van der Waals surface area contributed by atoms with Crippen molar-refractivity contribution >= 4 is 38.9 Å². The van der Waals surface area contributed by atoms with Gasteiger partial charge in [0.2, 0.25) is 0 Å². The maximum absolute atomic E-state index is 12.0. The molecule has 7 heteroatoms. The van der Waals surface area contributed by atoms with Crippen LogP contribution in [0.1, 0.15) is 39.8 Å². The molecule has 0 atom stereocenters. The number of amides is 1. The van der Waals surface area contributed by atoms with Gasteiger partial charge in [-0.25, -0.2) is 0 Å². The molecular weight excluding hydrogens is 328 g/mol. The first kappa shape index (κ1) is 12.7. The van der Waals surface area contributed by atoms with E-state index in [9.17, 15) is 4.79 Å². The maximum Gasteiger partial charge on any atom is 0.274 e. The molecule has 5 nitrogen and oxygen atoms in total. The minimum atomic E-state index is -0.231. The van der Waals surface area contributed by atoms with Gasteiger partial charge in [0.05, 0.1) is 17.9 Å². The largest absolute Gasteiger partial charge is 0.395 e. The van der Waals surface area contributed by atoms with Crippen molar-refractivity contribution < 1.29 is 4.79 Å². The van der Waals surface area contributed by atoms with E-state index in [0.29, 0.717) is 23.8 Å². The van der Waals surface area contributed by atoms with Gasteiger partial charge >= 0.3 is 0 Å². The standard InChI is InChI=1S/C12H13BrN4OS/c13-7-3-8(19-5-7)4-15-12(18)11-9(14)10(16-17-11)6-1-2-6/h3,5-6H,1-2,4,14H2,(H,15,18)(H,16,17). The van der Waals surface area contributed by atoms with Gasteiger partial charge in [-0.2, -0.15) is 5.10 Å². The fraction of sp³-hybridized carbons (Fsp3) is 0.333. The fourth-order valence-corrected chi connectivity index (χ4v) is 3.31. The number of nitrogens with zero attached hydrogens (tertiary/aromatic N) is 1. The average molecular weight is 341 g/mol. The molecule has 1 fully saturated rings. The summed E-state index contributed by atoms with van der Waals surface area (Å²) in [5.74, 6) is 0.229. The smallest absolute Gasteiger partial charge is 0.274 e. The van der Waals surface area contributed by atoms with Crippen LogP contribution in [0.2, 0.25) is 0 Å². The molecule has 1 amide bonds. The van der Waals surface area contributed by atoms with Crippen molar-refractivity contribution in [3.05, 3.63) is 32.2 Å². The molecule has 1 saturated carbocycles. The lowest BCUT2D eigenvalue weighted by Crippen LogP contribution is -2.23. The number of H-pyrrole nitrogens is 1. The molecule has 0 aromatic carbocycles. The number of nitrogens with two attached hydrogens (primary N) is 1. The summed E-state index contributed by atoms with van der Waals surface area (Å²) < 4.78 is 1.03. The fourth-order valence-electron chi connectivity index (χ4n) is 1.92. The van der Waals surface area contributed by atoms with Crippen LogP contribution in [0.5, 0.6) is 0 Å². The lowest BCUT2D eigenvalue weighted by Gasteiger charge is -2.02. The molecule has 1 aliphatic carbocycles. The lowest BCUT2D eigenvalue weighted by molar-refractivity contribution is 0.0947. The number of thiophene rings is 1. The second-order valence-electron chi connectivity index (χ2n) is 4.59. The zero-order valence-corrected chi connectivity index (χ0v) is 12.5. The summed E-state index contributed by atoms with van der Waals surface area (Å²) in [6, 6.07) is 1.98. The molecule has 2 aromatic rings. The zero-order chi connectivity index (χ0) is 13.4. The molecule has 4 N–H and O–H groups in total. The van der Waals surface area contributed by atoms with Crippen molar-refractivity contribution in [1.29, 1.82) is 0 Å². The zero-order valence-electron chi connectivity index (χ0n) is 10.1. The van der Waals surface area contributed by atoms with E-state index in [2.05, 4.69) is 31.4 Å². The highest BCUT2D eigenvalue weighted by molar-refractivity contribution is 9.10. The normalized spacial score (nSPS) is 14.6. The van der Waals surface area contributed by atoms with Crippen molar-refractivity contribution in [2.24, 2.45) is 0 Å². The monoisotopic (exact) mass is 340 g/mol. The van der Waals surface area contributed by atoms with Crippen molar-refractivity contribution in [3.8, 4) is 0 Å². The highest BCUT2D eigenvalue weighted by atomic mass is 79.9. The molecule has 2 aromatic heterocycles. The number of nitrogen functional groups attached to an aromatic ring is 1. The minimum absolute atomic E-state index is 0.231. The Balaban J connectivity index is 1.66. The van der Waals surface area contributed by atoms with Crippen LogP contribution in [-0.4, -0.2) is 16.1 Å². The summed E-state index contributed by atoms with van der Waals surface area (Å²) in [5.41, 5.74) is 7.66. The van der Waals surface area contributed by atoms with Crippen molar-refractivity contribution in [2.45, 2.75) is 25.3 Å². The molecule has 19 heavy (non-hydrogen) atoms. The Morgan fingerprint density at radius 2 is 2.42 bits per heavy atom. The first-order valence-electron chi connectivity index (χ1n) is 6.00. The van der Waals surface area contributed by atoms with Gasteiger partial charge in [0.15, 0.2) is 5.69 Å². The van der Waals surface area contributed by atoms with Crippen LogP contribution < -0.4 is 11.1 Å². The second kappa shape index (κ2) is 4.97. The van der Waals surface area contributed by atoms with E-state index in [-0.39, 0.29) is 5.91 Å². The molecule has 2 heterocycles. The summed E-state index contributed by atoms with van der Waals surface area (Å²) in [6.45, 7) is 0.486. The van der Waals surface area contributed by atoms with Gasteiger partial charge in [0, 0.05) is 20.6 Å². The van der Waals surface area contributed by atoms with Gasteiger partial charge in [-0.1, -0.05) is 0 Å². The van der Waals surface area contributed by atoms with Gasteiger partial charge in [-0.3, -0.25) is 9.89 Å². The van der Waals surface area contributed by atoms with E-state index in [1.54, 1.807) is 11.3 Å². The number of aromatic amines is 1. The van der Waals surface area contributed by atoms with Crippen LogP contribution in [0, 0.1) is 0 Å². The molecule has 0 aliphatic heterocycles. The molecule has 0 saturated heterocycles. The van der Waals surface area contributed by atoms with Crippen molar-refractivity contribution in [2.75, 3.05) is 5.73 Å². The summed E-state index contributed by atoms with van der Waals surface area (Å²) in [6.07, 6.45) is 2.24. The highest BCUT2D eigenvalue weighted by Gasteiger charge is 2.30. The number of carbonyl (C=O) groups excluding carboxylic acids is 1. The number of nitrogens with one attached hydrogen (secondary N) is 2. The second-order valence-corrected chi connectivity index (χ2v) is 6.50. The van der Waals surface area contributed by atoms with E-state index in [4.69, 9.17) is 5.73 Å². The summed E-state index contributed by atoms with van der Waals surface area (Å²) in [7, 11) is 0. The number of carbonyl (C=O) groups is 1. The molecule has 0 unspecified atom stereocenters. The molecule has 0 radical (unpaired) electrons. The van der Waals surface area contributed by atoms with Crippen molar-refractivity contribution in [3.63, 3.8) is 0 Å². The highest BCUT2D eigenvalue weighted by Crippen LogP contribution is 2.42. The molecule has 100 valence electrons. The molecular formula is C12H13BrN4OS. The van der Waals surface area contributed by atoms with Gasteiger partial charge < -0.3 is 11.1 Å². The van der Waals surface area contributed by atoms with Crippen LogP contribution in [0.15, 0.2) is 15.9 Å². The Hall–Kier alpha value is -1.34. The van der Waals surface area contributed by atoms with Gasteiger partial charge in [0.1, 0.15) is 0 Å². The predicted molar refractivity (Wildman–Crippen MR) is 78.2 cm³/mol. The topological polar surface area (TPSA) is 83.8 Å². The number of hydrogen-bond donors (Lipinski definition) is 3. The van der Waals surface area contributed by atoms with E-state index >= 15 is 0 Å². The number of halogens is 1. The van der Waals surface area contributed by atoms with E-state index in [0.717, 1.165) is 27.9 Å². The number of hydrogen-bond acceptors (Lipinski definition) is 4. The summed E-state index contributed by atoms with van der Waals surface area (Å²) >= 11 is 4.97. The number of rotatable bonds is 4. The average Bonchev–Trinajstić information content (AvgIpc) is 3.03. The third-order valence-corrected chi connectivity index (χ3v) is 4.78. The Bertz CT molecular complexity index is 617. The van der Waals surface area contributed by atoms with Gasteiger partial charge in [-0.05, 0) is 34.8 Å². The molecule has 0 spiro atoms. The minimum Gasteiger partial charge on any atom is -0.395 e. The molecule has 1 aliphatic rings. The van der Waals surface area contributed by atoms with Crippen LogP contribution in [0.25, 0.3) is 0 Å². The van der Waals surface area contributed by atoms with E-state index in [1.165, 1.54) is 0 Å². The Morgan fingerprint density at radius 3 is 3.05 bits per heavy atom. The summed E-state index contributed by atoms with van der Waals surface area (Å²) in [5, 5.41) is 11.7. The first-order chi connectivity index (χ1) is 9.15.